The van der Waals surface area contributed by atoms with E-state index in [9.17, 15) is 0 Å². The summed E-state index contributed by atoms with van der Waals surface area (Å²) in [4.78, 5) is 4.23. The van der Waals surface area contributed by atoms with E-state index in [2.05, 4.69) is 15.6 Å². The molecule has 0 aliphatic carbocycles. The van der Waals surface area contributed by atoms with Gasteiger partial charge in [-0.25, -0.2) is 0 Å². The number of aliphatic imine (C=N–C) groups is 1. The first-order valence-electron chi connectivity index (χ1n) is 8.15. The predicted molar refractivity (Wildman–Crippen MR) is 122 cm³/mol. The third-order valence-corrected chi connectivity index (χ3v) is 4.89. The maximum Gasteiger partial charge on any atom is 0.191 e. The highest BCUT2D eigenvalue weighted by atomic mass is 127. The molecule has 1 aromatic heterocycles. The molecule has 0 spiro atoms. The van der Waals surface area contributed by atoms with Gasteiger partial charge in [-0.3, -0.25) is 4.99 Å². The van der Waals surface area contributed by atoms with Crippen molar-refractivity contribution < 1.29 is 9.47 Å². The minimum absolute atomic E-state index is 0. The van der Waals surface area contributed by atoms with Crippen molar-refractivity contribution in [1.82, 2.24) is 15.2 Å². The Morgan fingerprint density at radius 1 is 1.15 bits per heavy atom. The number of ether oxygens (including phenoxy) is 2. The lowest BCUT2D eigenvalue weighted by Crippen LogP contribution is -2.38. The smallest absolute Gasteiger partial charge is 0.191 e. The first-order valence-corrected chi connectivity index (χ1v) is 8.90. The molecule has 0 aliphatic heterocycles. The van der Waals surface area contributed by atoms with Gasteiger partial charge in [0.1, 0.15) is 16.7 Å². The number of aromatic nitrogens is 1. The molecule has 150 valence electrons. The van der Waals surface area contributed by atoms with Crippen LogP contribution >= 0.6 is 47.2 Å². The number of rotatable bonds is 7. The first-order chi connectivity index (χ1) is 12.5. The van der Waals surface area contributed by atoms with Gasteiger partial charge in [0.05, 0.1) is 25.8 Å². The van der Waals surface area contributed by atoms with Crippen molar-refractivity contribution in [3.05, 3.63) is 45.7 Å². The second-order valence-electron chi connectivity index (χ2n) is 5.61. The molecule has 2 aromatic rings. The molecule has 0 saturated carbocycles. The van der Waals surface area contributed by atoms with Gasteiger partial charge in [-0.1, -0.05) is 23.2 Å². The van der Waals surface area contributed by atoms with E-state index in [0.29, 0.717) is 29.2 Å². The molecule has 0 amide bonds. The minimum Gasteiger partial charge on any atom is -0.497 e. The monoisotopic (exact) mass is 526 g/mol. The summed E-state index contributed by atoms with van der Waals surface area (Å²) in [5, 5.41) is 7.60. The number of halogens is 3. The van der Waals surface area contributed by atoms with Gasteiger partial charge in [-0.15, -0.1) is 24.0 Å². The molecule has 0 atom stereocenters. The zero-order valence-corrected chi connectivity index (χ0v) is 19.6. The molecule has 0 saturated heterocycles. The van der Waals surface area contributed by atoms with Crippen molar-refractivity contribution in [3.8, 4) is 11.5 Å². The summed E-state index contributed by atoms with van der Waals surface area (Å²) in [7, 11) is 6.91. The van der Waals surface area contributed by atoms with E-state index in [1.807, 2.05) is 35.9 Å². The Hall–Kier alpha value is -1.32. The van der Waals surface area contributed by atoms with Gasteiger partial charge in [0.25, 0.3) is 0 Å². The number of hydrogen-bond donors (Lipinski definition) is 2. The van der Waals surface area contributed by atoms with Crippen LogP contribution in [0.1, 0.15) is 11.3 Å². The van der Waals surface area contributed by atoms with Crippen LogP contribution in [0.4, 0.5) is 0 Å². The molecule has 1 heterocycles. The fourth-order valence-electron chi connectivity index (χ4n) is 2.55. The summed E-state index contributed by atoms with van der Waals surface area (Å²) in [6, 6.07) is 7.60. The van der Waals surface area contributed by atoms with Crippen LogP contribution in [0.3, 0.4) is 0 Å². The van der Waals surface area contributed by atoms with Crippen molar-refractivity contribution in [3.63, 3.8) is 0 Å². The Morgan fingerprint density at radius 2 is 1.89 bits per heavy atom. The highest BCUT2D eigenvalue weighted by molar-refractivity contribution is 14.0. The Kier molecular flexibility index (Phi) is 10.1. The van der Waals surface area contributed by atoms with E-state index < -0.39 is 0 Å². The Morgan fingerprint density at radius 3 is 2.44 bits per heavy atom. The lowest BCUT2D eigenvalue weighted by molar-refractivity contribution is 0.398. The second-order valence-corrected chi connectivity index (χ2v) is 6.38. The molecule has 27 heavy (non-hydrogen) atoms. The summed E-state index contributed by atoms with van der Waals surface area (Å²) in [5.41, 5.74) is 2.04. The Balaban J connectivity index is 0.00000364. The lowest BCUT2D eigenvalue weighted by Gasteiger charge is -2.14. The van der Waals surface area contributed by atoms with Gasteiger partial charge in [-0.05, 0) is 36.2 Å². The van der Waals surface area contributed by atoms with Crippen LogP contribution in [0.15, 0.2) is 29.3 Å². The summed E-state index contributed by atoms with van der Waals surface area (Å²) >= 11 is 12.1. The van der Waals surface area contributed by atoms with Gasteiger partial charge in [0.2, 0.25) is 0 Å². The van der Waals surface area contributed by atoms with Gasteiger partial charge < -0.3 is 24.7 Å². The number of nitrogens with zero attached hydrogens (tertiary/aromatic N) is 2. The zero-order valence-electron chi connectivity index (χ0n) is 15.8. The average Bonchev–Trinajstić information content (AvgIpc) is 2.91. The number of benzene rings is 1. The molecule has 0 unspecified atom stereocenters. The van der Waals surface area contributed by atoms with Crippen molar-refractivity contribution in [2.45, 2.75) is 13.0 Å². The van der Waals surface area contributed by atoms with Gasteiger partial charge in [0, 0.05) is 26.3 Å². The van der Waals surface area contributed by atoms with Gasteiger partial charge in [0.15, 0.2) is 5.96 Å². The maximum absolute atomic E-state index is 6.09. The van der Waals surface area contributed by atoms with E-state index >= 15 is 0 Å². The number of guanidine groups is 1. The molecule has 2 N–H and O–H groups in total. The van der Waals surface area contributed by atoms with Crippen molar-refractivity contribution >= 4 is 53.1 Å². The van der Waals surface area contributed by atoms with E-state index in [1.54, 1.807) is 21.3 Å². The van der Waals surface area contributed by atoms with E-state index in [-0.39, 0.29) is 24.0 Å². The molecule has 0 fully saturated rings. The Bertz CT molecular complexity index is 781. The summed E-state index contributed by atoms with van der Waals surface area (Å²) in [6.07, 6.45) is 0.767. The van der Waals surface area contributed by atoms with Crippen LogP contribution in [0.25, 0.3) is 0 Å². The molecular weight excluding hydrogens is 502 g/mol. The normalized spacial score (nSPS) is 11.0. The van der Waals surface area contributed by atoms with Crippen LogP contribution in [0, 0.1) is 0 Å². The van der Waals surface area contributed by atoms with Crippen LogP contribution in [0.5, 0.6) is 11.5 Å². The first kappa shape index (κ1) is 23.7. The molecule has 0 bridgehead atoms. The maximum atomic E-state index is 6.09. The lowest BCUT2D eigenvalue weighted by atomic mass is 10.1. The molecule has 9 heteroatoms. The van der Waals surface area contributed by atoms with Crippen LogP contribution in [-0.4, -0.2) is 38.3 Å². The highest BCUT2D eigenvalue weighted by Crippen LogP contribution is 2.25. The minimum atomic E-state index is 0. The topological polar surface area (TPSA) is 59.8 Å². The number of methoxy groups -OCH3 is 2. The van der Waals surface area contributed by atoms with Gasteiger partial charge in [-0.2, -0.15) is 0 Å². The summed E-state index contributed by atoms with van der Waals surface area (Å²) in [5.74, 6) is 2.34. The van der Waals surface area contributed by atoms with E-state index in [1.165, 1.54) is 0 Å². The van der Waals surface area contributed by atoms with Gasteiger partial charge >= 0.3 is 0 Å². The molecule has 0 aliphatic rings. The molecule has 0 radical (unpaired) electrons. The summed E-state index contributed by atoms with van der Waals surface area (Å²) < 4.78 is 12.5. The summed E-state index contributed by atoms with van der Waals surface area (Å²) in [6.45, 7) is 1.25. The third kappa shape index (κ3) is 6.36. The van der Waals surface area contributed by atoms with Crippen LogP contribution in [-0.2, 0) is 20.0 Å². The van der Waals surface area contributed by atoms with Crippen LogP contribution < -0.4 is 20.1 Å². The van der Waals surface area contributed by atoms with E-state index in [0.717, 1.165) is 29.2 Å². The third-order valence-electron chi connectivity index (χ3n) is 4.05. The highest BCUT2D eigenvalue weighted by Gasteiger charge is 2.10. The fourth-order valence-corrected chi connectivity index (χ4v) is 2.96. The molecule has 2 rings (SSSR count). The fraction of sp³-hybridized carbons (Fsp3) is 0.389. The van der Waals surface area contributed by atoms with E-state index in [4.69, 9.17) is 32.7 Å². The van der Waals surface area contributed by atoms with Crippen molar-refractivity contribution in [2.75, 3.05) is 27.8 Å². The van der Waals surface area contributed by atoms with Crippen LogP contribution in [0.2, 0.25) is 10.2 Å². The molecule has 6 nitrogen and oxygen atoms in total. The predicted octanol–water partition coefficient (Wildman–Crippen LogP) is 3.87. The quantitative estimate of drug-likeness (QED) is 0.326. The standard InChI is InChI=1S/C18H24Cl2N4O2.HI/c1-21-18(23-11-13-10-15(19)17(20)24(13)2)22-8-7-12-9-14(25-3)5-6-16(12)26-4;/h5-6,9-10H,7-8,11H2,1-4H3,(H2,21,22,23);1H. The largest absolute Gasteiger partial charge is 0.497 e. The van der Waals surface area contributed by atoms with Crippen molar-refractivity contribution in [2.24, 2.45) is 12.0 Å². The zero-order chi connectivity index (χ0) is 19.1. The number of nitrogens with one attached hydrogen (secondary N) is 2. The van der Waals surface area contributed by atoms with Crippen molar-refractivity contribution in [1.29, 1.82) is 0 Å². The average molecular weight is 527 g/mol. The molecular formula is C18H25Cl2IN4O2. The number of hydrogen-bond acceptors (Lipinski definition) is 3. The Labute approximate surface area is 187 Å². The second kappa shape index (κ2) is 11.5. The molecule has 1 aromatic carbocycles. The SMILES string of the molecule is CN=C(NCCc1cc(OC)ccc1OC)NCc1cc(Cl)c(Cl)n1C.I.